The van der Waals surface area contributed by atoms with Crippen LogP contribution in [0.3, 0.4) is 0 Å². The van der Waals surface area contributed by atoms with Gasteiger partial charge in [0.15, 0.2) is 0 Å². The zero-order valence-electron chi connectivity index (χ0n) is 12.1. The van der Waals surface area contributed by atoms with Crippen molar-refractivity contribution in [2.45, 2.75) is 45.1 Å². The molecule has 19 heavy (non-hydrogen) atoms. The van der Waals surface area contributed by atoms with Crippen molar-refractivity contribution in [3.05, 3.63) is 60.4 Å². The molecule has 1 nitrogen and oxygen atoms in total. The molecule has 0 aromatic carbocycles. The van der Waals surface area contributed by atoms with E-state index in [-0.39, 0.29) is 0 Å². The standard InChI is InChI=1S/C18H25N/c1-4-7-8-11-19-17(10-6-3)14-16-12-15(9-5-2)13-18(16)19/h5-6,12-14,17H,2-4,7-11H2,1H3. The molecule has 2 aliphatic rings. The van der Waals surface area contributed by atoms with E-state index in [9.17, 15) is 0 Å². The molecule has 1 unspecified atom stereocenters. The molecule has 0 saturated carbocycles. The molecule has 0 bridgehead atoms. The first kappa shape index (κ1) is 13.9. The van der Waals surface area contributed by atoms with Crippen LogP contribution in [-0.2, 0) is 0 Å². The summed E-state index contributed by atoms with van der Waals surface area (Å²) in [6.45, 7) is 11.1. The molecule has 2 rings (SSSR count). The Morgan fingerprint density at radius 3 is 2.74 bits per heavy atom. The van der Waals surface area contributed by atoms with Gasteiger partial charge in [0.2, 0.25) is 0 Å². The number of fused-ring (bicyclic) bond motifs is 1. The van der Waals surface area contributed by atoms with E-state index in [1.54, 1.807) is 0 Å². The summed E-state index contributed by atoms with van der Waals surface area (Å²) in [7, 11) is 0. The highest BCUT2D eigenvalue weighted by atomic mass is 15.2. The summed E-state index contributed by atoms with van der Waals surface area (Å²) >= 11 is 0. The van der Waals surface area contributed by atoms with E-state index in [2.05, 4.69) is 43.2 Å². The molecule has 0 spiro atoms. The van der Waals surface area contributed by atoms with Crippen LogP contribution in [0.15, 0.2) is 60.4 Å². The fourth-order valence-corrected chi connectivity index (χ4v) is 2.90. The summed E-state index contributed by atoms with van der Waals surface area (Å²) in [5.41, 5.74) is 4.20. The Balaban J connectivity index is 2.09. The number of unbranched alkanes of at least 4 members (excludes halogenated alkanes) is 2. The van der Waals surface area contributed by atoms with Gasteiger partial charge in [-0.2, -0.15) is 0 Å². The molecule has 0 aromatic heterocycles. The fraction of sp³-hybridized carbons (Fsp3) is 0.444. The SMILES string of the molecule is C=CCC1=CC2=CC(CC=C)N(CCCCC)C2=C1. The Kier molecular flexibility index (Phi) is 4.84. The van der Waals surface area contributed by atoms with Crippen LogP contribution in [0.25, 0.3) is 0 Å². The van der Waals surface area contributed by atoms with Crippen LogP contribution < -0.4 is 0 Å². The van der Waals surface area contributed by atoms with Crippen LogP contribution in [-0.4, -0.2) is 17.5 Å². The van der Waals surface area contributed by atoms with Gasteiger partial charge >= 0.3 is 0 Å². The first-order chi connectivity index (χ1) is 9.30. The monoisotopic (exact) mass is 255 g/mol. The Bertz CT molecular complexity index is 437. The predicted molar refractivity (Wildman–Crippen MR) is 83.9 cm³/mol. The minimum atomic E-state index is 0.511. The summed E-state index contributed by atoms with van der Waals surface area (Å²) in [6, 6.07) is 0.511. The number of rotatable bonds is 8. The Morgan fingerprint density at radius 1 is 1.21 bits per heavy atom. The third kappa shape index (κ3) is 3.09. The second kappa shape index (κ2) is 6.60. The Labute approximate surface area is 117 Å². The number of hydrogen-bond acceptors (Lipinski definition) is 1. The van der Waals surface area contributed by atoms with Crippen LogP contribution in [0.2, 0.25) is 0 Å². The minimum absolute atomic E-state index is 0.511. The highest BCUT2D eigenvalue weighted by Gasteiger charge is 2.29. The summed E-state index contributed by atoms with van der Waals surface area (Å²) in [5.74, 6) is 0. The summed E-state index contributed by atoms with van der Waals surface area (Å²) < 4.78 is 0. The molecule has 0 fully saturated rings. The van der Waals surface area contributed by atoms with Gasteiger partial charge in [-0.1, -0.05) is 38.0 Å². The van der Waals surface area contributed by atoms with Gasteiger partial charge in [-0.25, -0.2) is 0 Å². The molecule has 1 aliphatic carbocycles. The zero-order chi connectivity index (χ0) is 13.7. The number of allylic oxidation sites excluding steroid dienone is 4. The van der Waals surface area contributed by atoms with Crippen molar-refractivity contribution in [1.29, 1.82) is 0 Å². The molecular weight excluding hydrogens is 230 g/mol. The lowest BCUT2D eigenvalue weighted by atomic mass is 10.1. The second-order valence-corrected chi connectivity index (χ2v) is 5.36. The van der Waals surface area contributed by atoms with E-state index in [1.165, 1.54) is 36.1 Å². The van der Waals surface area contributed by atoms with Gasteiger partial charge in [0.1, 0.15) is 0 Å². The van der Waals surface area contributed by atoms with Gasteiger partial charge in [0.25, 0.3) is 0 Å². The normalized spacial score (nSPS) is 20.8. The van der Waals surface area contributed by atoms with Gasteiger partial charge in [-0.05, 0) is 42.6 Å². The van der Waals surface area contributed by atoms with Crippen LogP contribution in [0.4, 0.5) is 0 Å². The molecule has 0 amide bonds. The van der Waals surface area contributed by atoms with Crippen molar-refractivity contribution in [3.63, 3.8) is 0 Å². The van der Waals surface area contributed by atoms with Crippen molar-refractivity contribution in [3.8, 4) is 0 Å². The van der Waals surface area contributed by atoms with Crippen LogP contribution in [0, 0.1) is 0 Å². The number of hydrogen-bond donors (Lipinski definition) is 0. The molecular formula is C18H25N. The molecule has 1 heterocycles. The Hall–Kier alpha value is -1.50. The van der Waals surface area contributed by atoms with Crippen molar-refractivity contribution in [2.24, 2.45) is 0 Å². The van der Waals surface area contributed by atoms with Crippen LogP contribution in [0.1, 0.15) is 39.0 Å². The molecule has 0 aromatic rings. The number of nitrogens with zero attached hydrogens (tertiary/aromatic N) is 1. The smallest absolute Gasteiger partial charge is 0.0517 e. The van der Waals surface area contributed by atoms with Gasteiger partial charge < -0.3 is 4.90 Å². The maximum atomic E-state index is 3.89. The summed E-state index contributed by atoms with van der Waals surface area (Å²) in [4.78, 5) is 2.55. The third-order valence-electron chi connectivity index (χ3n) is 3.83. The van der Waals surface area contributed by atoms with Gasteiger partial charge in [0.05, 0.1) is 6.04 Å². The van der Waals surface area contributed by atoms with E-state index in [0.717, 1.165) is 19.4 Å². The lowest BCUT2D eigenvalue weighted by Crippen LogP contribution is -2.29. The molecule has 1 heteroatoms. The highest BCUT2D eigenvalue weighted by molar-refractivity contribution is 5.56. The molecule has 1 aliphatic heterocycles. The van der Waals surface area contributed by atoms with Crippen LogP contribution >= 0.6 is 0 Å². The third-order valence-corrected chi connectivity index (χ3v) is 3.83. The summed E-state index contributed by atoms with van der Waals surface area (Å²) in [6.07, 6.45) is 16.9. The molecule has 1 atom stereocenters. The first-order valence-electron chi connectivity index (χ1n) is 7.43. The minimum Gasteiger partial charge on any atom is -0.364 e. The zero-order valence-corrected chi connectivity index (χ0v) is 12.1. The van der Waals surface area contributed by atoms with E-state index < -0.39 is 0 Å². The molecule has 0 radical (unpaired) electrons. The van der Waals surface area contributed by atoms with E-state index in [1.807, 2.05) is 12.2 Å². The highest BCUT2D eigenvalue weighted by Crippen LogP contribution is 2.37. The first-order valence-corrected chi connectivity index (χ1v) is 7.43. The largest absolute Gasteiger partial charge is 0.364 e. The molecule has 0 saturated heterocycles. The van der Waals surface area contributed by atoms with Crippen molar-refractivity contribution in [1.82, 2.24) is 4.90 Å². The lowest BCUT2D eigenvalue weighted by molar-refractivity contribution is 0.309. The van der Waals surface area contributed by atoms with E-state index >= 15 is 0 Å². The molecule has 0 N–H and O–H groups in total. The topological polar surface area (TPSA) is 3.24 Å². The lowest BCUT2D eigenvalue weighted by Gasteiger charge is -2.27. The quantitative estimate of drug-likeness (QED) is 0.446. The fourth-order valence-electron chi connectivity index (χ4n) is 2.90. The van der Waals surface area contributed by atoms with Crippen molar-refractivity contribution < 1.29 is 0 Å². The van der Waals surface area contributed by atoms with Crippen molar-refractivity contribution in [2.75, 3.05) is 6.54 Å². The van der Waals surface area contributed by atoms with E-state index in [0.29, 0.717) is 6.04 Å². The molecule has 102 valence electrons. The van der Waals surface area contributed by atoms with Gasteiger partial charge in [0, 0.05) is 12.2 Å². The van der Waals surface area contributed by atoms with E-state index in [4.69, 9.17) is 0 Å². The average molecular weight is 255 g/mol. The van der Waals surface area contributed by atoms with Gasteiger partial charge in [-0.15, -0.1) is 13.2 Å². The average Bonchev–Trinajstić information content (AvgIpc) is 2.90. The maximum Gasteiger partial charge on any atom is 0.0517 e. The van der Waals surface area contributed by atoms with Gasteiger partial charge in [-0.3, -0.25) is 0 Å². The van der Waals surface area contributed by atoms with Crippen molar-refractivity contribution >= 4 is 0 Å². The Morgan fingerprint density at radius 2 is 2.05 bits per heavy atom. The second-order valence-electron chi connectivity index (χ2n) is 5.36. The maximum absolute atomic E-state index is 3.89. The van der Waals surface area contributed by atoms with Crippen LogP contribution in [0.5, 0.6) is 0 Å². The summed E-state index contributed by atoms with van der Waals surface area (Å²) in [5, 5.41) is 0. The predicted octanol–water partition coefficient (Wildman–Crippen LogP) is 4.76.